The van der Waals surface area contributed by atoms with Crippen molar-refractivity contribution in [2.75, 3.05) is 6.61 Å². The first-order valence-electron chi connectivity index (χ1n) is 9.06. The number of aromatic nitrogens is 1. The lowest BCUT2D eigenvalue weighted by atomic mass is 10.2. The second-order valence-electron chi connectivity index (χ2n) is 6.14. The zero-order valence-corrected chi connectivity index (χ0v) is 16.2. The summed E-state index contributed by atoms with van der Waals surface area (Å²) in [4.78, 5) is 17.6. The first kappa shape index (κ1) is 18.9. The Morgan fingerprint density at radius 1 is 1.22 bits per heavy atom. The van der Waals surface area contributed by atoms with Gasteiger partial charge in [-0.2, -0.15) is 4.99 Å². The van der Waals surface area contributed by atoms with E-state index >= 15 is 0 Å². The maximum atomic E-state index is 12.7. The van der Waals surface area contributed by atoms with E-state index in [9.17, 15) is 4.79 Å². The van der Waals surface area contributed by atoms with Crippen molar-refractivity contribution < 1.29 is 9.53 Å². The van der Waals surface area contributed by atoms with Gasteiger partial charge in [0.2, 0.25) is 0 Å². The summed E-state index contributed by atoms with van der Waals surface area (Å²) in [6, 6.07) is 15.1. The zero-order valence-electron chi connectivity index (χ0n) is 15.4. The molecular formula is C22H22N2O2S. The van der Waals surface area contributed by atoms with E-state index in [2.05, 4.69) is 17.8 Å². The summed E-state index contributed by atoms with van der Waals surface area (Å²) < 4.78 is 8.68. The lowest BCUT2D eigenvalue weighted by Crippen LogP contribution is -2.16. The third-order valence-electron chi connectivity index (χ3n) is 4.13. The quantitative estimate of drug-likeness (QED) is 0.444. The van der Waals surface area contributed by atoms with E-state index in [-0.39, 0.29) is 5.91 Å². The smallest absolute Gasteiger partial charge is 0.279 e. The minimum Gasteiger partial charge on any atom is -0.494 e. The van der Waals surface area contributed by atoms with Crippen LogP contribution in [0.3, 0.4) is 0 Å². The third kappa shape index (κ3) is 4.66. The van der Waals surface area contributed by atoms with Gasteiger partial charge in [0.25, 0.3) is 5.91 Å². The highest BCUT2D eigenvalue weighted by Crippen LogP contribution is 2.18. The van der Waals surface area contributed by atoms with E-state index in [0.29, 0.717) is 29.3 Å². The second-order valence-corrected chi connectivity index (χ2v) is 7.15. The molecular weight excluding hydrogens is 356 g/mol. The number of ether oxygens (including phenoxy) is 1. The van der Waals surface area contributed by atoms with Gasteiger partial charge in [-0.3, -0.25) is 4.79 Å². The molecule has 0 N–H and O–H groups in total. The van der Waals surface area contributed by atoms with Crippen LogP contribution in [0.2, 0.25) is 0 Å². The van der Waals surface area contributed by atoms with Gasteiger partial charge in [0.05, 0.1) is 23.4 Å². The van der Waals surface area contributed by atoms with Crippen molar-refractivity contribution in [2.45, 2.75) is 32.7 Å². The minimum absolute atomic E-state index is 0.300. The van der Waals surface area contributed by atoms with E-state index in [1.807, 2.05) is 41.0 Å². The fraction of sp³-hybridized carbons (Fsp3) is 0.273. The van der Waals surface area contributed by atoms with Gasteiger partial charge in [0, 0.05) is 5.56 Å². The van der Waals surface area contributed by atoms with E-state index in [1.165, 1.54) is 11.3 Å². The number of para-hydroxylation sites is 1. The molecule has 3 aromatic rings. The van der Waals surface area contributed by atoms with Crippen molar-refractivity contribution in [2.24, 2.45) is 4.99 Å². The van der Waals surface area contributed by atoms with Crippen molar-refractivity contribution in [3.8, 4) is 18.1 Å². The van der Waals surface area contributed by atoms with Gasteiger partial charge >= 0.3 is 0 Å². The van der Waals surface area contributed by atoms with E-state index in [1.54, 1.807) is 12.1 Å². The highest BCUT2D eigenvalue weighted by Gasteiger charge is 2.09. The lowest BCUT2D eigenvalue weighted by Gasteiger charge is -2.06. The number of terminal acetylenes is 1. The van der Waals surface area contributed by atoms with Crippen LogP contribution in [0.5, 0.6) is 5.75 Å². The van der Waals surface area contributed by atoms with Gasteiger partial charge in [-0.25, -0.2) is 0 Å². The van der Waals surface area contributed by atoms with Crippen LogP contribution in [0.15, 0.2) is 53.5 Å². The Bertz CT molecular complexity index is 1040. The number of nitrogens with zero attached hydrogens (tertiary/aromatic N) is 2. The Morgan fingerprint density at radius 3 is 2.89 bits per heavy atom. The number of fused-ring (bicyclic) bond motifs is 1. The van der Waals surface area contributed by atoms with Gasteiger partial charge in [0.1, 0.15) is 5.75 Å². The molecule has 0 atom stereocenters. The molecule has 0 bridgehead atoms. The van der Waals surface area contributed by atoms with Gasteiger partial charge in [-0.15, -0.1) is 6.42 Å². The van der Waals surface area contributed by atoms with Gasteiger partial charge < -0.3 is 9.30 Å². The van der Waals surface area contributed by atoms with Crippen LogP contribution in [0, 0.1) is 12.3 Å². The van der Waals surface area contributed by atoms with Crippen LogP contribution in [-0.4, -0.2) is 17.1 Å². The van der Waals surface area contributed by atoms with E-state index < -0.39 is 0 Å². The molecule has 2 aromatic carbocycles. The van der Waals surface area contributed by atoms with E-state index in [4.69, 9.17) is 11.2 Å². The van der Waals surface area contributed by atoms with Crippen LogP contribution in [0.4, 0.5) is 0 Å². The largest absolute Gasteiger partial charge is 0.494 e. The van der Waals surface area contributed by atoms with Crippen LogP contribution in [0.1, 0.15) is 36.5 Å². The fourth-order valence-electron chi connectivity index (χ4n) is 2.76. The maximum Gasteiger partial charge on any atom is 0.279 e. The van der Waals surface area contributed by atoms with Crippen LogP contribution in [-0.2, 0) is 6.54 Å². The summed E-state index contributed by atoms with van der Waals surface area (Å²) in [5, 5.41) is 0. The first-order chi connectivity index (χ1) is 13.2. The number of thiazole rings is 1. The Labute approximate surface area is 163 Å². The molecule has 0 fully saturated rings. The van der Waals surface area contributed by atoms with Crippen molar-refractivity contribution in [3.05, 3.63) is 58.9 Å². The number of carbonyl (C=O) groups excluding carboxylic acids is 1. The molecule has 0 aliphatic rings. The topological polar surface area (TPSA) is 43.6 Å². The van der Waals surface area contributed by atoms with Crippen molar-refractivity contribution in [1.29, 1.82) is 0 Å². The predicted octanol–water partition coefficient (Wildman–Crippen LogP) is 4.65. The summed E-state index contributed by atoms with van der Waals surface area (Å²) in [5.41, 5.74) is 1.49. The molecule has 27 heavy (non-hydrogen) atoms. The number of rotatable bonds is 7. The monoisotopic (exact) mass is 378 g/mol. The Morgan fingerprint density at radius 2 is 2.07 bits per heavy atom. The number of carbonyl (C=O) groups is 1. The molecule has 1 aromatic heterocycles. The van der Waals surface area contributed by atoms with Crippen molar-refractivity contribution in [1.82, 2.24) is 4.57 Å². The molecule has 4 nitrogen and oxygen atoms in total. The normalized spacial score (nSPS) is 11.5. The fourth-order valence-corrected chi connectivity index (χ4v) is 3.79. The number of benzene rings is 2. The van der Waals surface area contributed by atoms with Crippen LogP contribution in [0.25, 0.3) is 10.2 Å². The molecule has 138 valence electrons. The first-order valence-corrected chi connectivity index (χ1v) is 9.88. The summed E-state index contributed by atoms with van der Waals surface area (Å²) in [7, 11) is 0. The maximum absolute atomic E-state index is 12.7. The average molecular weight is 378 g/mol. The van der Waals surface area contributed by atoms with Crippen molar-refractivity contribution in [3.63, 3.8) is 0 Å². The van der Waals surface area contributed by atoms with Gasteiger partial charge in [-0.1, -0.05) is 55.2 Å². The van der Waals surface area contributed by atoms with Gasteiger partial charge in [0.15, 0.2) is 4.80 Å². The highest BCUT2D eigenvalue weighted by molar-refractivity contribution is 7.16. The molecule has 3 rings (SSSR count). The second kappa shape index (κ2) is 9.20. The highest BCUT2D eigenvalue weighted by atomic mass is 32.1. The van der Waals surface area contributed by atoms with Crippen molar-refractivity contribution >= 4 is 27.5 Å². The minimum atomic E-state index is -0.300. The summed E-state index contributed by atoms with van der Waals surface area (Å²) >= 11 is 1.46. The number of hydrogen-bond donors (Lipinski definition) is 0. The Hall–Kier alpha value is -2.84. The van der Waals surface area contributed by atoms with Gasteiger partial charge in [-0.05, 0) is 36.8 Å². The summed E-state index contributed by atoms with van der Waals surface area (Å²) in [6.07, 6.45) is 8.79. The molecule has 0 aliphatic heterocycles. The standard InChI is InChI=1S/C22H22N2O2S/c1-3-5-8-15-26-18-11-9-10-17(16-18)21(25)23-22-24(14-4-2)19-12-6-7-13-20(19)27-22/h2,6-7,9-13,16H,3,5,8,14-15H2,1H3. The van der Waals surface area contributed by atoms with Crippen LogP contribution >= 0.6 is 11.3 Å². The predicted molar refractivity (Wildman–Crippen MR) is 110 cm³/mol. The average Bonchev–Trinajstić information content (AvgIpc) is 3.03. The third-order valence-corrected chi connectivity index (χ3v) is 5.19. The molecule has 0 saturated carbocycles. The molecule has 0 spiro atoms. The van der Waals surface area contributed by atoms with Crippen LogP contribution < -0.4 is 9.54 Å². The number of hydrogen-bond acceptors (Lipinski definition) is 3. The number of unbranched alkanes of at least 4 members (excludes halogenated alkanes) is 2. The molecule has 1 heterocycles. The Balaban J connectivity index is 1.88. The van der Waals surface area contributed by atoms with E-state index in [0.717, 1.165) is 29.5 Å². The molecule has 0 aliphatic carbocycles. The molecule has 0 radical (unpaired) electrons. The SMILES string of the molecule is C#CCn1c(=NC(=O)c2cccc(OCCCCC)c2)sc2ccccc21. The Kier molecular flexibility index (Phi) is 6.45. The molecule has 5 heteroatoms. The number of amides is 1. The molecule has 1 amide bonds. The molecule has 0 saturated heterocycles. The summed E-state index contributed by atoms with van der Waals surface area (Å²) in [6.45, 7) is 3.18. The zero-order chi connectivity index (χ0) is 19.1. The molecule has 0 unspecified atom stereocenters. The summed E-state index contributed by atoms with van der Waals surface area (Å²) in [5.74, 6) is 3.03. The lowest BCUT2D eigenvalue weighted by molar-refractivity contribution is 0.0997.